The minimum atomic E-state index is -0.666. The smallest absolute Gasteiger partial charge is 0.411 e. The predicted molar refractivity (Wildman–Crippen MR) is 209 cm³/mol. The highest BCUT2D eigenvalue weighted by Gasteiger charge is 2.24. The summed E-state index contributed by atoms with van der Waals surface area (Å²) < 4.78 is 16.8. The molecule has 2 aromatic heterocycles. The number of anilines is 3. The number of rotatable bonds is 12. The molecule has 0 saturated carbocycles. The lowest BCUT2D eigenvalue weighted by molar-refractivity contribution is -0.00157. The summed E-state index contributed by atoms with van der Waals surface area (Å²) in [6.45, 7) is 14.0. The largest absolute Gasteiger partial charge is 0.492 e. The summed E-state index contributed by atoms with van der Waals surface area (Å²) in [7, 11) is 2.73. The standard InChI is InChI=1S/C39H45N7O6S/c1-9-45(10-2)46(11-3)36(47)32-23-53-35(41-32)31-22-25(18-19-40-31)52-33-17-16-28(26-14-12-13-15-27(26)33)42-37(48)43-29-20-24(39(4,5)6)21-30(34(29)50-7)44-38(49)51-8/h12-23H,9-11H2,1-8H3,(H,44,49)(H2,42,43,48). The van der Waals surface area contributed by atoms with E-state index in [-0.39, 0.29) is 17.1 Å². The van der Waals surface area contributed by atoms with Crippen LogP contribution in [0.4, 0.5) is 26.7 Å². The molecule has 5 aromatic rings. The van der Waals surface area contributed by atoms with E-state index in [1.807, 2.05) is 76.9 Å². The van der Waals surface area contributed by atoms with Gasteiger partial charge in [-0.2, -0.15) is 0 Å². The van der Waals surface area contributed by atoms with Gasteiger partial charge in [0, 0.05) is 48.0 Å². The number of hydrazine groups is 1. The SMILES string of the molecule is CCN(CC)N(CC)C(=O)c1csc(-c2cc(Oc3ccc(NC(=O)Nc4cc(C(C)(C)C)cc(NC(=O)OC)c4OC)c4ccccc34)ccn2)n1. The van der Waals surface area contributed by atoms with Crippen molar-refractivity contribution >= 4 is 57.2 Å². The molecule has 2 heterocycles. The van der Waals surface area contributed by atoms with Crippen LogP contribution in [0.15, 0.2) is 72.2 Å². The fraction of sp³-hybridized carbons (Fsp3) is 0.308. The van der Waals surface area contributed by atoms with Crippen LogP contribution in [-0.4, -0.2) is 71.9 Å². The van der Waals surface area contributed by atoms with Gasteiger partial charge in [-0.3, -0.25) is 20.1 Å². The van der Waals surface area contributed by atoms with Crippen molar-refractivity contribution in [2.45, 2.75) is 47.0 Å². The van der Waals surface area contributed by atoms with Crippen LogP contribution in [0.3, 0.4) is 0 Å². The molecule has 14 heteroatoms. The number of fused-ring (bicyclic) bond motifs is 1. The summed E-state index contributed by atoms with van der Waals surface area (Å²) >= 11 is 1.35. The van der Waals surface area contributed by atoms with E-state index in [9.17, 15) is 14.4 Å². The van der Waals surface area contributed by atoms with Crippen molar-refractivity contribution in [2.75, 3.05) is 49.8 Å². The van der Waals surface area contributed by atoms with Gasteiger partial charge in [0.1, 0.15) is 27.9 Å². The number of carbonyl (C=O) groups is 3. The summed E-state index contributed by atoms with van der Waals surface area (Å²) in [4.78, 5) is 48.0. The Labute approximate surface area is 313 Å². The number of methoxy groups -OCH3 is 2. The quantitative estimate of drug-likeness (QED) is 0.107. The first-order valence-corrected chi connectivity index (χ1v) is 18.1. The highest BCUT2D eigenvalue weighted by atomic mass is 32.1. The number of hydrogen-bond donors (Lipinski definition) is 3. The lowest BCUT2D eigenvalue weighted by atomic mass is 9.86. The average Bonchev–Trinajstić information content (AvgIpc) is 3.65. The first kappa shape index (κ1) is 38.5. The number of hydrogen-bond acceptors (Lipinski definition) is 10. The van der Waals surface area contributed by atoms with Gasteiger partial charge in [0.25, 0.3) is 5.91 Å². The Hall–Kier alpha value is -5.73. The average molecular weight is 740 g/mol. The van der Waals surface area contributed by atoms with Gasteiger partial charge in [-0.15, -0.1) is 11.3 Å². The van der Waals surface area contributed by atoms with Crippen molar-refractivity contribution in [3.63, 3.8) is 0 Å². The number of nitrogens with zero attached hydrogens (tertiary/aromatic N) is 4. The summed E-state index contributed by atoms with van der Waals surface area (Å²) in [6.07, 6.45) is 0.972. The van der Waals surface area contributed by atoms with Crippen LogP contribution in [0.1, 0.15) is 57.6 Å². The molecular formula is C39H45N7O6S. The van der Waals surface area contributed by atoms with Gasteiger partial charge in [-0.1, -0.05) is 58.9 Å². The fourth-order valence-electron chi connectivity index (χ4n) is 5.75. The highest BCUT2D eigenvalue weighted by Crippen LogP contribution is 2.40. The van der Waals surface area contributed by atoms with Crippen LogP contribution in [0, 0.1) is 0 Å². The molecule has 0 bridgehead atoms. The van der Waals surface area contributed by atoms with Gasteiger partial charge in [0.05, 0.1) is 31.3 Å². The van der Waals surface area contributed by atoms with Gasteiger partial charge in [0.15, 0.2) is 5.75 Å². The Morgan fingerprint density at radius 2 is 1.51 bits per heavy atom. The predicted octanol–water partition coefficient (Wildman–Crippen LogP) is 9.00. The topological polar surface area (TPSA) is 147 Å². The monoisotopic (exact) mass is 739 g/mol. The van der Waals surface area contributed by atoms with E-state index in [0.717, 1.165) is 16.3 Å². The molecule has 0 unspecified atom stereocenters. The van der Waals surface area contributed by atoms with Gasteiger partial charge in [-0.25, -0.2) is 19.6 Å². The van der Waals surface area contributed by atoms with Crippen molar-refractivity contribution in [1.29, 1.82) is 0 Å². The molecule has 0 atom stereocenters. The van der Waals surface area contributed by atoms with E-state index < -0.39 is 12.1 Å². The fourth-order valence-corrected chi connectivity index (χ4v) is 6.51. The number of benzene rings is 3. The number of aromatic nitrogens is 2. The molecule has 0 fully saturated rings. The Kier molecular flexibility index (Phi) is 12.2. The molecule has 5 rings (SSSR count). The summed E-state index contributed by atoms with van der Waals surface area (Å²) in [6, 6.07) is 17.7. The number of thiazole rings is 1. The summed E-state index contributed by atoms with van der Waals surface area (Å²) in [5.74, 6) is 1.21. The maximum atomic E-state index is 13.5. The third kappa shape index (κ3) is 8.84. The van der Waals surface area contributed by atoms with Crippen molar-refractivity contribution < 1.29 is 28.6 Å². The molecule has 278 valence electrons. The number of nitrogens with one attached hydrogen (secondary N) is 3. The van der Waals surface area contributed by atoms with E-state index in [1.165, 1.54) is 25.6 Å². The molecule has 13 nitrogen and oxygen atoms in total. The maximum absolute atomic E-state index is 13.5. The van der Waals surface area contributed by atoms with E-state index in [4.69, 9.17) is 14.2 Å². The van der Waals surface area contributed by atoms with Crippen molar-refractivity contribution in [1.82, 2.24) is 20.0 Å². The minimum Gasteiger partial charge on any atom is -0.492 e. The number of ether oxygens (including phenoxy) is 3. The Bertz CT molecular complexity index is 2110. The van der Waals surface area contributed by atoms with E-state index in [1.54, 1.807) is 46.9 Å². The number of amides is 4. The van der Waals surface area contributed by atoms with Crippen molar-refractivity contribution in [3.05, 3.63) is 83.5 Å². The molecule has 3 aromatic carbocycles. The second kappa shape index (κ2) is 16.7. The van der Waals surface area contributed by atoms with Crippen molar-refractivity contribution in [2.24, 2.45) is 0 Å². The zero-order valence-corrected chi connectivity index (χ0v) is 32.0. The second-order valence-electron chi connectivity index (χ2n) is 12.9. The maximum Gasteiger partial charge on any atom is 0.411 e. The zero-order valence-electron chi connectivity index (χ0n) is 31.2. The summed E-state index contributed by atoms with van der Waals surface area (Å²) in [5.41, 5.74) is 2.76. The van der Waals surface area contributed by atoms with Crippen molar-refractivity contribution in [3.8, 4) is 28.0 Å². The second-order valence-corrected chi connectivity index (χ2v) is 13.7. The van der Waals surface area contributed by atoms with Crippen LogP contribution in [-0.2, 0) is 10.2 Å². The molecule has 0 aliphatic carbocycles. The Morgan fingerprint density at radius 3 is 2.15 bits per heavy atom. The van der Waals surface area contributed by atoms with Gasteiger partial charge in [-0.05, 0) is 48.2 Å². The lowest BCUT2D eigenvalue weighted by Gasteiger charge is -2.31. The molecule has 3 N–H and O–H groups in total. The Balaban J connectivity index is 1.37. The number of pyridine rings is 1. The third-order valence-corrected chi connectivity index (χ3v) is 9.33. The van der Waals surface area contributed by atoms with Crippen LogP contribution in [0.2, 0.25) is 0 Å². The zero-order chi connectivity index (χ0) is 38.3. The molecule has 53 heavy (non-hydrogen) atoms. The van der Waals surface area contributed by atoms with Crippen LogP contribution in [0.5, 0.6) is 17.2 Å². The van der Waals surface area contributed by atoms with Gasteiger partial charge < -0.3 is 24.8 Å². The third-order valence-electron chi connectivity index (χ3n) is 8.47. The molecule has 0 saturated heterocycles. The van der Waals surface area contributed by atoms with E-state index in [2.05, 4.69) is 25.9 Å². The minimum absolute atomic E-state index is 0.155. The number of carbonyl (C=O) groups excluding carboxylic acids is 3. The van der Waals surface area contributed by atoms with Crippen LogP contribution < -0.4 is 25.4 Å². The van der Waals surface area contributed by atoms with Crippen LogP contribution in [0.25, 0.3) is 21.5 Å². The molecule has 0 aliphatic heterocycles. The number of urea groups is 1. The Morgan fingerprint density at radius 1 is 0.830 bits per heavy atom. The van der Waals surface area contributed by atoms with E-state index in [0.29, 0.717) is 64.6 Å². The van der Waals surface area contributed by atoms with Gasteiger partial charge in [0.2, 0.25) is 0 Å². The van der Waals surface area contributed by atoms with E-state index >= 15 is 0 Å². The summed E-state index contributed by atoms with van der Waals surface area (Å²) in [5, 5.41) is 16.1. The first-order chi connectivity index (χ1) is 25.4. The molecule has 0 spiro atoms. The molecule has 4 amide bonds. The highest BCUT2D eigenvalue weighted by molar-refractivity contribution is 7.13. The van der Waals surface area contributed by atoms with Crippen LogP contribution >= 0.6 is 11.3 Å². The molecule has 0 radical (unpaired) electrons. The lowest BCUT2D eigenvalue weighted by Crippen LogP contribution is -2.46. The van der Waals surface area contributed by atoms with Gasteiger partial charge >= 0.3 is 12.1 Å². The molecular weight excluding hydrogens is 695 g/mol. The molecule has 0 aliphatic rings. The first-order valence-electron chi connectivity index (χ1n) is 17.2. The normalized spacial score (nSPS) is 11.3.